The Kier molecular flexibility index (Phi) is 6.84. The van der Waals surface area contributed by atoms with Gasteiger partial charge in [-0.1, -0.05) is 36.4 Å². The molecule has 0 aliphatic carbocycles. The van der Waals surface area contributed by atoms with Crippen molar-refractivity contribution in [2.45, 2.75) is 25.4 Å². The van der Waals surface area contributed by atoms with E-state index in [1.165, 1.54) is 34.2 Å². The van der Waals surface area contributed by atoms with Gasteiger partial charge in [-0.2, -0.15) is 0 Å². The van der Waals surface area contributed by atoms with Gasteiger partial charge in [-0.15, -0.1) is 11.3 Å². The van der Waals surface area contributed by atoms with E-state index in [4.69, 9.17) is 0 Å². The normalized spacial score (nSPS) is 19.0. The van der Waals surface area contributed by atoms with Gasteiger partial charge in [0, 0.05) is 55.3 Å². The van der Waals surface area contributed by atoms with E-state index in [0.29, 0.717) is 31.7 Å². The van der Waals surface area contributed by atoms with Crippen LogP contribution in [0.25, 0.3) is 0 Å². The average molecular weight is 505 g/mol. The summed E-state index contributed by atoms with van der Waals surface area (Å²) in [6.07, 6.45) is 0.930. The second-order valence-electron chi connectivity index (χ2n) is 9.20. The van der Waals surface area contributed by atoms with Gasteiger partial charge in [0.2, 0.25) is 5.91 Å². The number of carbonyl (C=O) groups excluding carboxylic acids is 2. The van der Waals surface area contributed by atoms with Gasteiger partial charge in [0.25, 0.3) is 11.6 Å². The third-order valence-electron chi connectivity index (χ3n) is 7.16. The molecule has 2 aromatic carbocycles. The van der Waals surface area contributed by atoms with Crippen LogP contribution in [0.5, 0.6) is 0 Å². The smallest absolute Gasteiger partial charge is 0.270 e. The van der Waals surface area contributed by atoms with E-state index in [1.54, 1.807) is 22.3 Å². The van der Waals surface area contributed by atoms with Crippen LogP contribution in [0.15, 0.2) is 66.0 Å². The second kappa shape index (κ2) is 10.2. The number of amides is 2. The summed E-state index contributed by atoms with van der Waals surface area (Å²) in [5.41, 5.74) is 2.66. The number of carbonyl (C=O) groups is 2. The maximum atomic E-state index is 13.6. The number of hydrogen-bond acceptors (Lipinski definition) is 6. The Morgan fingerprint density at radius 3 is 2.42 bits per heavy atom. The van der Waals surface area contributed by atoms with Crippen LogP contribution in [0.4, 0.5) is 5.69 Å². The average Bonchev–Trinajstić information content (AvgIpc) is 3.41. The molecule has 0 bridgehead atoms. The highest BCUT2D eigenvalue weighted by Crippen LogP contribution is 2.39. The molecule has 2 aliphatic heterocycles. The summed E-state index contributed by atoms with van der Waals surface area (Å²) in [5, 5.41) is 13.2. The van der Waals surface area contributed by atoms with E-state index >= 15 is 0 Å². The SMILES string of the molecule is C[C@@H](C(=O)N1CCN(C(=O)c2cccc([N+](=O)[O-])c2)CC1)N1CCc2sccc2[C@@H]1c1ccccc1. The summed E-state index contributed by atoms with van der Waals surface area (Å²) in [7, 11) is 0. The fourth-order valence-electron chi connectivity index (χ4n) is 5.23. The minimum absolute atomic E-state index is 0.0388. The van der Waals surface area contributed by atoms with Gasteiger partial charge in [-0.3, -0.25) is 24.6 Å². The van der Waals surface area contributed by atoms with Crippen LogP contribution in [0.3, 0.4) is 0 Å². The molecule has 0 spiro atoms. The van der Waals surface area contributed by atoms with Crippen LogP contribution < -0.4 is 0 Å². The fraction of sp³-hybridized carbons (Fsp3) is 0.333. The largest absolute Gasteiger partial charge is 0.338 e. The standard InChI is InChI=1S/C27H28N4O4S/c1-19(30-12-10-24-23(11-17-36-24)25(30)20-6-3-2-4-7-20)26(32)28-13-15-29(16-14-28)27(33)21-8-5-9-22(18-21)31(34)35/h2-9,11,17-19,25H,10,12-16H2,1H3/t19-,25-/m0/s1. The predicted octanol–water partition coefficient (Wildman–Crippen LogP) is 3.98. The number of nitro benzene ring substituents is 1. The molecule has 186 valence electrons. The molecule has 1 fully saturated rings. The Morgan fingerprint density at radius 1 is 0.972 bits per heavy atom. The van der Waals surface area contributed by atoms with E-state index in [0.717, 1.165) is 13.0 Å². The van der Waals surface area contributed by atoms with Crippen LogP contribution in [0.2, 0.25) is 0 Å². The maximum Gasteiger partial charge on any atom is 0.270 e. The number of thiophene rings is 1. The third kappa shape index (κ3) is 4.64. The molecule has 0 N–H and O–H groups in total. The van der Waals surface area contributed by atoms with Gasteiger partial charge in [0.15, 0.2) is 0 Å². The summed E-state index contributed by atoms with van der Waals surface area (Å²) in [6.45, 7) is 4.48. The van der Waals surface area contributed by atoms with Crippen molar-refractivity contribution in [3.63, 3.8) is 0 Å². The number of hydrogen-bond donors (Lipinski definition) is 0. The number of fused-ring (bicyclic) bond motifs is 1. The Balaban J connectivity index is 1.27. The monoisotopic (exact) mass is 504 g/mol. The van der Waals surface area contributed by atoms with Gasteiger partial charge < -0.3 is 9.80 Å². The van der Waals surface area contributed by atoms with Crippen LogP contribution in [-0.2, 0) is 11.2 Å². The molecule has 0 saturated carbocycles. The molecule has 5 rings (SSSR count). The zero-order valence-corrected chi connectivity index (χ0v) is 20.9. The number of rotatable bonds is 5. The second-order valence-corrected chi connectivity index (χ2v) is 10.2. The lowest BCUT2D eigenvalue weighted by molar-refractivity contribution is -0.384. The minimum atomic E-state index is -0.503. The van der Waals surface area contributed by atoms with Crippen molar-refractivity contribution in [2.24, 2.45) is 0 Å². The fourth-order valence-corrected chi connectivity index (χ4v) is 6.13. The summed E-state index contributed by atoms with van der Waals surface area (Å²) in [5.74, 6) is -0.180. The Bertz CT molecular complexity index is 1270. The minimum Gasteiger partial charge on any atom is -0.338 e. The molecule has 3 aromatic rings. The number of benzene rings is 2. The highest BCUT2D eigenvalue weighted by molar-refractivity contribution is 7.10. The molecule has 3 heterocycles. The van der Waals surface area contributed by atoms with Gasteiger partial charge in [0.05, 0.1) is 17.0 Å². The lowest BCUT2D eigenvalue weighted by Gasteiger charge is -2.42. The van der Waals surface area contributed by atoms with Gasteiger partial charge in [-0.05, 0) is 42.0 Å². The van der Waals surface area contributed by atoms with E-state index in [-0.39, 0.29) is 29.6 Å². The molecular formula is C27H28N4O4S. The van der Waals surface area contributed by atoms with E-state index < -0.39 is 4.92 Å². The van der Waals surface area contributed by atoms with Crippen LogP contribution >= 0.6 is 11.3 Å². The molecule has 0 radical (unpaired) electrons. The zero-order valence-electron chi connectivity index (χ0n) is 20.1. The van der Waals surface area contributed by atoms with Crippen LogP contribution in [-0.4, -0.2) is 70.2 Å². The lowest BCUT2D eigenvalue weighted by atomic mass is 9.92. The van der Waals surface area contributed by atoms with Crippen molar-refractivity contribution in [1.29, 1.82) is 0 Å². The van der Waals surface area contributed by atoms with E-state index in [1.807, 2.05) is 30.0 Å². The maximum absolute atomic E-state index is 13.6. The molecule has 9 heteroatoms. The molecule has 8 nitrogen and oxygen atoms in total. The number of piperazine rings is 1. The summed E-state index contributed by atoms with van der Waals surface area (Å²) < 4.78 is 0. The van der Waals surface area contributed by atoms with Gasteiger partial charge in [0.1, 0.15) is 0 Å². The highest BCUT2D eigenvalue weighted by atomic mass is 32.1. The first-order valence-electron chi connectivity index (χ1n) is 12.1. The Morgan fingerprint density at radius 2 is 1.69 bits per heavy atom. The first-order chi connectivity index (χ1) is 17.4. The number of nitrogens with zero attached hydrogens (tertiary/aromatic N) is 4. The van der Waals surface area contributed by atoms with Gasteiger partial charge in [-0.25, -0.2) is 0 Å². The van der Waals surface area contributed by atoms with Crippen molar-refractivity contribution < 1.29 is 14.5 Å². The lowest BCUT2D eigenvalue weighted by Crippen LogP contribution is -2.56. The molecule has 1 saturated heterocycles. The Hall–Kier alpha value is -3.56. The van der Waals surface area contributed by atoms with Crippen molar-refractivity contribution >= 4 is 28.8 Å². The van der Waals surface area contributed by atoms with E-state index in [2.05, 4.69) is 28.5 Å². The summed E-state index contributed by atoms with van der Waals surface area (Å²) in [6, 6.07) is 18.0. The molecule has 2 atom stereocenters. The Labute approximate surface area is 213 Å². The van der Waals surface area contributed by atoms with Crippen LogP contribution in [0, 0.1) is 10.1 Å². The quantitative estimate of drug-likeness (QED) is 0.388. The van der Waals surface area contributed by atoms with Crippen LogP contribution in [0.1, 0.15) is 39.3 Å². The molecule has 0 unspecified atom stereocenters. The van der Waals surface area contributed by atoms with Gasteiger partial charge >= 0.3 is 0 Å². The van der Waals surface area contributed by atoms with Crippen molar-refractivity contribution in [3.8, 4) is 0 Å². The molecular weight excluding hydrogens is 476 g/mol. The first kappa shape index (κ1) is 24.1. The first-order valence-corrected chi connectivity index (χ1v) is 13.0. The summed E-state index contributed by atoms with van der Waals surface area (Å²) >= 11 is 1.78. The van der Waals surface area contributed by atoms with Crippen molar-refractivity contribution in [1.82, 2.24) is 14.7 Å². The predicted molar refractivity (Wildman–Crippen MR) is 138 cm³/mol. The highest BCUT2D eigenvalue weighted by Gasteiger charge is 2.37. The van der Waals surface area contributed by atoms with Crippen molar-refractivity contribution in [3.05, 3.63) is 97.7 Å². The molecule has 1 aromatic heterocycles. The molecule has 2 aliphatic rings. The zero-order chi connectivity index (χ0) is 25.2. The van der Waals surface area contributed by atoms with E-state index in [9.17, 15) is 19.7 Å². The topological polar surface area (TPSA) is 87.0 Å². The number of nitro groups is 1. The summed E-state index contributed by atoms with van der Waals surface area (Å²) in [4.78, 5) is 44.3. The third-order valence-corrected chi connectivity index (χ3v) is 8.15. The number of non-ortho nitro benzene ring substituents is 1. The molecule has 2 amide bonds. The molecule has 36 heavy (non-hydrogen) atoms. The van der Waals surface area contributed by atoms with Crippen molar-refractivity contribution in [2.75, 3.05) is 32.7 Å².